The normalized spacial score (nSPS) is 12.5. The van der Waals surface area contributed by atoms with E-state index in [1.54, 1.807) is 6.08 Å². The second-order valence-corrected chi connectivity index (χ2v) is 3.09. The maximum Gasteiger partial charge on any atom is 0.0812 e. The predicted molar refractivity (Wildman–Crippen MR) is 56.3 cm³/mol. The molecule has 0 aliphatic rings. The number of nitrogens with one attached hydrogen (secondary N) is 1. The Morgan fingerprint density at radius 3 is 3.00 bits per heavy atom. The van der Waals surface area contributed by atoms with Crippen LogP contribution in [0.15, 0.2) is 36.9 Å². The topological polar surface area (TPSA) is 38.0 Å². The molecule has 70 valence electrons. The average molecular weight is 176 g/mol. The SMILES string of the molecule is C=CCNC(N)c1cccc(C)c1. The van der Waals surface area contributed by atoms with E-state index in [-0.39, 0.29) is 6.17 Å². The summed E-state index contributed by atoms with van der Waals surface area (Å²) < 4.78 is 0. The number of rotatable bonds is 4. The van der Waals surface area contributed by atoms with E-state index in [0.717, 1.165) is 12.1 Å². The molecule has 0 saturated carbocycles. The molecule has 2 heteroatoms. The van der Waals surface area contributed by atoms with Gasteiger partial charge in [-0.3, -0.25) is 5.32 Å². The number of aryl methyl sites for hydroxylation is 1. The van der Waals surface area contributed by atoms with Crippen molar-refractivity contribution < 1.29 is 0 Å². The second kappa shape index (κ2) is 4.80. The third kappa shape index (κ3) is 3.01. The Balaban J connectivity index is 2.65. The summed E-state index contributed by atoms with van der Waals surface area (Å²) in [5.41, 5.74) is 8.23. The van der Waals surface area contributed by atoms with Crippen molar-refractivity contribution in [1.82, 2.24) is 5.32 Å². The monoisotopic (exact) mass is 176 g/mol. The third-order valence-electron chi connectivity index (χ3n) is 1.88. The number of benzene rings is 1. The molecule has 0 spiro atoms. The molecule has 1 aromatic rings. The quantitative estimate of drug-likeness (QED) is 0.541. The Morgan fingerprint density at radius 2 is 2.38 bits per heavy atom. The van der Waals surface area contributed by atoms with Gasteiger partial charge in [0.2, 0.25) is 0 Å². The van der Waals surface area contributed by atoms with Gasteiger partial charge in [0.25, 0.3) is 0 Å². The molecule has 0 bridgehead atoms. The highest BCUT2D eigenvalue weighted by Crippen LogP contribution is 2.09. The molecule has 0 radical (unpaired) electrons. The average Bonchev–Trinajstić information content (AvgIpc) is 2.14. The van der Waals surface area contributed by atoms with Gasteiger partial charge < -0.3 is 5.73 Å². The molecule has 0 fully saturated rings. The Morgan fingerprint density at radius 1 is 1.62 bits per heavy atom. The highest BCUT2D eigenvalue weighted by molar-refractivity contribution is 5.24. The van der Waals surface area contributed by atoms with Crippen LogP contribution in [-0.4, -0.2) is 6.54 Å². The van der Waals surface area contributed by atoms with Crippen molar-refractivity contribution in [3.63, 3.8) is 0 Å². The van der Waals surface area contributed by atoms with E-state index in [2.05, 4.69) is 31.0 Å². The van der Waals surface area contributed by atoms with E-state index in [1.807, 2.05) is 12.1 Å². The van der Waals surface area contributed by atoms with Gasteiger partial charge in [-0.15, -0.1) is 6.58 Å². The lowest BCUT2D eigenvalue weighted by Gasteiger charge is -2.12. The third-order valence-corrected chi connectivity index (χ3v) is 1.88. The van der Waals surface area contributed by atoms with E-state index in [0.29, 0.717) is 0 Å². The number of hydrogen-bond donors (Lipinski definition) is 2. The van der Waals surface area contributed by atoms with E-state index in [9.17, 15) is 0 Å². The van der Waals surface area contributed by atoms with Gasteiger partial charge in [0.15, 0.2) is 0 Å². The Kier molecular flexibility index (Phi) is 3.68. The van der Waals surface area contributed by atoms with Crippen LogP contribution in [0.2, 0.25) is 0 Å². The van der Waals surface area contributed by atoms with Crippen LogP contribution in [0.5, 0.6) is 0 Å². The first kappa shape index (κ1) is 9.96. The molecule has 1 aromatic carbocycles. The maximum absolute atomic E-state index is 5.89. The lowest BCUT2D eigenvalue weighted by Crippen LogP contribution is -2.28. The Hall–Kier alpha value is -1.12. The molecule has 0 heterocycles. The summed E-state index contributed by atoms with van der Waals surface area (Å²) in [7, 11) is 0. The van der Waals surface area contributed by atoms with Crippen LogP contribution < -0.4 is 11.1 Å². The van der Waals surface area contributed by atoms with Crippen LogP contribution >= 0.6 is 0 Å². The largest absolute Gasteiger partial charge is 0.312 e. The fourth-order valence-electron chi connectivity index (χ4n) is 1.19. The molecule has 2 nitrogen and oxygen atoms in total. The predicted octanol–water partition coefficient (Wildman–Crippen LogP) is 1.73. The van der Waals surface area contributed by atoms with Gasteiger partial charge in [0.1, 0.15) is 0 Å². The molecular formula is C11H16N2. The number of nitrogens with two attached hydrogens (primary N) is 1. The standard InChI is InChI=1S/C11H16N2/c1-3-7-13-11(12)10-6-4-5-9(2)8-10/h3-6,8,11,13H,1,7,12H2,2H3. The van der Waals surface area contributed by atoms with Crippen molar-refractivity contribution in [2.24, 2.45) is 5.73 Å². The van der Waals surface area contributed by atoms with E-state index in [1.165, 1.54) is 5.56 Å². The van der Waals surface area contributed by atoms with E-state index >= 15 is 0 Å². The van der Waals surface area contributed by atoms with E-state index in [4.69, 9.17) is 5.73 Å². The van der Waals surface area contributed by atoms with Gasteiger partial charge in [0.05, 0.1) is 6.17 Å². The van der Waals surface area contributed by atoms with Crippen molar-refractivity contribution >= 4 is 0 Å². The van der Waals surface area contributed by atoms with Crippen LogP contribution in [0.25, 0.3) is 0 Å². The van der Waals surface area contributed by atoms with Crippen LogP contribution in [0.4, 0.5) is 0 Å². The van der Waals surface area contributed by atoms with Gasteiger partial charge in [-0.05, 0) is 12.5 Å². The van der Waals surface area contributed by atoms with Crippen molar-refractivity contribution in [2.75, 3.05) is 6.54 Å². The smallest absolute Gasteiger partial charge is 0.0812 e. The van der Waals surface area contributed by atoms with Crippen LogP contribution in [0, 0.1) is 6.92 Å². The van der Waals surface area contributed by atoms with Crippen molar-refractivity contribution in [3.05, 3.63) is 48.0 Å². The summed E-state index contributed by atoms with van der Waals surface area (Å²) in [6.45, 7) is 6.42. The first-order chi connectivity index (χ1) is 6.24. The molecule has 0 amide bonds. The molecular weight excluding hydrogens is 160 g/mol. The van der Waals surface area contributed by atoms with Crippen LogP contribution in [0.1, 0.15) is 17.3 Å². The van der Waals surface area contributed by atoms with Crippen molar-refractivity contribution in [1.29, 1.82) is 0 Å². The molecule has 3 N–H and O–H groups in total. The summed E-state index contributed by atoms with van der Waals surface area (Å²) in [4.78, 5) is 0. The van der Waals surface area contributed by atoms with Gasteiger partial charge >= 0.3 is 0 Å². The Labute approximate surface area is 79.5 Å². The zero-order valence-electron chi connectivity index (χ0n) is 7.96. The fraction of sp³-hybridized carbons (Fsp3) is 0.273. The molecule has 0 aliphatic carbocycles. The van der Waals surface area contributed by atoms with Crippen molar-refractivity contribution in [3.8, 4) is 0 Å². The molecule has 0 aliphatic heterocycles. The zero-order valence-corrected chi connectivity index (χ0v) is 7.96. The minimum Gasteiger partial charge on any atom is -0.312 e. The highest BCUT2D eigenvalue weighted by atomic mass is 15.0. The molecule has 13 heavy (non-hydrogen) atoms. The van der Waals surface area contributed by atoms with Crippen LogP contribution in [0.3, 0.4) is 0 Å². The molecule has 0 saturated heterocycles. The van der Waals surface area contributed by atoms with Gasteiger partial charge in [-0.25, -0.2) is 0 Å². The number of hydrogen-bond acceptors (Lipinski definition) is 2. The lowest BCUT2D eigenvalue weighted by molar-refractivity contribution is 0.591. The summed E-state index contributed by atoms with van der Waals surface area (Å²) in [5, 5.41) is 3.14. The zero-order chi connectivity index (χ0) is 9.68. The summed E-state index contributed by atoms with van der Waals surface area (Å²) >= 11 is 0. The molecule has 0 aromatic heterocycles. The van der Waals surface area contributed by atoms with Gasteiger partial charge in [-0.1, -0.05) is 35.9 Å². The molecule has 1 unspecified atom stereocenters. The molecule has 1 atom stereocenters. The van der Waals surface area contributed by atoms with Gasteiger partial charge in [0, 0.05) is 6.54 Å². The first-order valence-electron chi connectivity index (χ1n) is 4.40. The summed E-state index contributed by atoms with van der Waals surface area (Å²) in [6, 6.07) is 8.18. The van der Waals surface area contributed by atoms with Crippen LogP contribution in [-0.2, 0) is 0 Å². The summed E-state index contributed by atoms with van der Waals surface area (Å²) in [6.07, 6.45) is 1.70. The van der Waals surface area contributed by atoms with Gasteiger partial charge in [-0.2, -0.15) is 0 Å². The fourth-order valence-corrected chi connectivity index (χ4v) is 1.19. The van der Waals surface area contributed by atoms with E-state index < -0.39 is 0 Å². The Bertz CT molecular complexity index is 281. The minimum atomic E-state index is -0.0992. The van der Waals surface area contributed by atoms with Crippen molar-refractivity contribution in [2.45, 2.75) is 13.1 Å². The first-order valence-corrected chi connectivity index (χ1v) is 4.40. The minimum absolute atomic E-state index is 0.0992. The summed E-state index contributed by atoms with van der Waals surface area (Å²) in [5.74, 6) is 0. The highest BCUT2D eigenvalue weighted by Gasteiger charge is 2.02. The molecule has 1 rings (SSSR count). The lowest BCUT2D eigenvalue weighted by atomic mass is 10.1. The maximum atomic E-state index is 5.89. The second-order valence-electron chi connectivity index (χ2n) is 3.09.